The summed E-state index contributed by atoms with van der Waals surface area (Å²) in [6, 6.07) is 11.7. The van der Waals surface area contributed by atoms with Crippen LogP contribution in [0.3, 0.4) is 0 Å². The number of amides is 2. The molecule has 2 N–H and O–H groups in total. The molecule has 29 heavy (non-hydrogen) atoms. The van der Waals surface area contributed by atoms with Gasteiger partial charge >= 0.3 is 0 Å². The summed E-state index contributed by atoms with van der Waals surface area (Å²) in [6.07, 6.45) is 5.61. The molecule has 0 radical (unpaired) electrons. The van der Waals surface area contributed by atoms with E-state index in [1.165, 1.54) is 25.7 Å². The lowest BCUT2D eigenvalue weighted by atomic mass is 10.2. The van der Waals surface area contributed by atoms with E-state index in [0.717, 1.165) is 24.3 Å². The van der Waals surface area contributed by atoms with Gasteiger partial charge in [0.15, 0.2) is 0 Å². The van der Waals surface area contributed by atoms with E-state index in [1.807, 2.05) is 41.1 Å². The van der Waals surface area contributed by atoms with E-state index < -0.39 is 0 Å². The highest BCUT2D eigenvalue weighted by molar-refractivity contribution is 5.92. The van der Waals surface area contributed by atoms with E-state index in [9.17, 15) is 9.59 Å². The first-order valence-corrected chi connectivity index (χ1v) is 10.6. The Hall–Kier alpha value is -2.67. The van der Waals surface area contributed by atoms with E-state index in [-0.39, 0.29) is 17.9 Å². The fraction of sp³-hybridized carbons (Fsp3) is 0.500. The van der Waals surface area contributed by atoms with Crippen LogP contribution in [-0.4, -0.2) is 52.2 Å². The zero-order chi connectivity index (χ0) is 20.1. The number of nitrogens with one attached hydrogen (secondary N) is 2. The molecule has 1 fully saturated rings. The Bertz CT molecular complexity index is 817. The van der Waals surface area contributed by atoms with Crippen LogP contribution >= 0.6 is 0 Å². The third kappa shape index (κ3) is 5.23. The summed E-state index contributed by atoms with van der Waals surface area (Å²) in [5, 5.41) is 10.5. The molecule has 0 unspecified atom stereocenters. The van der Waals surface area contributed by atoms with E-state index >= 15 is 0 Å². The van der Waals surface area contributed by atoms with Gasteiger partial charge in [-0.3, -0.25) is 19.2 Å². The largest absolute Gasteiger partial charge is 0.350 e. The highest BCUT2D eigenvalue weighted by Crippen LogP contribution is 2.16. The zero-order valence-corrected chi connectivity index (χ0v) is 16.8. The molecule has 3 heterocycles. The zero-order valence-electron chi connectivity index (χ0n) is 16.8. The summed E-state index contributed by atoms with van der Waals surface area (Å²) >= 11 is 0. The molecule has 2 amide bonds. The average molecular weight is 396 g/mol. The molecule has 7 heteroatoms. The van der Waals surface area contributed by atoms with Gasteiger partial charge in [0.05, 0.1) is 19.1 Å². The van der Waals surface area contributed by atoms with E-state index in [1.54, 1.807) is 0 Å². The molecule has 1 saturated heterocycles. The lowest BCUT2D eigenvalue weighted by Crippen LogP contribution is -2.43. The van der Waals surface area contributed by atoms with Gasteiger partial charge in [0.25, 0.3) is 5.91 Å². The topological polar surface area (TPSA) is 79.3 Å². The minimum absolute atomic E-state index is 0.0541. The summed E-state index contributed by atoms with van der Waals surface area (Å²) in [5.41, 5.74) is 2.49. The fourth-order valence-corrected chi connectivity index (χ4v) is 4.15. The predicted molar refractivity (Wildman–Crippen MR) is 110 cm³/mol. The van der Waals surface area contributed by atoms with E-state index in [2.05, 4.69) is 20.6 Å². The Morgan fingerprint density at radius 2 is 1.83 bits per heavy atom. The Kier molecular flexibility index (Phi) is 6.24. The van der Waals surface area contributed by atoms with Gasteiger partial charge in [-0.1, -0.05) is 43.2 Å². The van der Waals surface area contributed by atoms with Gasteiger partial charge < -0.3 is 10.6 Å². The van der Waals surface area contributed by atoms with Crippen molar-refractivity contribution < 1.29 is 9.59 Å². The van der Waals surface area contributed by atoms with Gasteiger partial charge in [-0.05, 0) is 37.6 Å². The highest BCUT2D eigenvalue weighted by Gasteiger charge is 2.26. The van der Waals surface area contributed by atoms with Gasteiger partial charge in [-0.25, -0.2) is 0 Å². The van der Waals surface area contributed by atoms with Crippen molar-refractivity contribution in [3.8, 4) is 0 Å². The molecule has 1 aromatic carbocycles. The molecule has 2 aromatic rings. The van der Waals surface area contributed by atoms with Crippen molar-refractivity contribution in [2.75, 3.05) is 19.6 Å². The van der Waals surface area contributed by atoms with Crippen molar-refractivity contribution in [1.82, 2.24) is 25.3 Å². The number of likely N-dealkylation sites (tertiary alicyclic amines) is 1. The Morgan fingerprint density at radius 1 is 1.07 bits per heavy atom. The van der Waals surface area contributed by atoms with Crippen molar-refractivity contribution in [3.63, 3.8) is 0 Å². The number of benzene rings is 1. The molecule has 154 valence electrons. The lowest BCUT2D eigenvalue weighted by Gasteiger charge is -2.20. The second kappa shape index (κ2) is 9.22. The maximum Gasteiger partial charge on any atom is 0.272 e. The number of rotatable bonds is 6. The second-order valence-electron chi connectivity index (χ2n) is 8.03. The van der Waals surface area contributed by atoms with Crippen molar-refractivity contribution >= 4 is 11.8 Å². The molecule has 1 atom stereocenters. The monoisotopic (exact) mass is 395 g/mol. The van der Waals surface area contributed by atoms with Gasteiger partial charge in [-0.2, -0.15) is 5.10 Å². The number of fused-ring (bicyclic) bond motifs is 1. The summed E-state index contributed by atoms with van der Waals surface area (Å²) in [7, 11) is 0. The molecule has 1 aromatic heterocycles. The number of hydrogen-bond donors (Lipinski definition) is 2. The SMILES string of the molecule is O=C(CN1CCCCCC1)N[C@H]1Cc2cc(C(=O)NCc3ccccc3)nn2C1. The van der Waals surface area contributed by atoms with Crippen LogP contribution in [0.15, 0.2) is 36.4 Å². The average Bonchev–Trinajstić information content (AvgIpc) is 3.16. The number of nitrogens with zero attached hydrogens (tertiary/aromatic N) is 3. The molecule has 0 spiro atoms. The Balaban J connectivity index is 1.24. The molecular formula is C22H29N5O2. The summed E-state index contributed by atoms with van der Waals surface area (Å²) in [5.74, 6) is -0.0824. The number of hydrogen-bond acceptors (Lipinski definition) is 4. The van der Waals surface area contributed by atoms with Crippen molar-refractivity contribution in [3.05, 3.63) is 53.3 Å². The van der Waals surface area contributed by atoms with Gasteiger partial charge in [-0.15, -0.1) is 0 Å². The maximum atomic E-state index is 12.4. The predicted octanol–water partition coefficient (Wildman–Crippen LogP) is 1.73. The van der Waals surface area contributed by atoms with Crippen LogP contribution in [-0.2, 0) is 24.3 Å². The number of aromatic nitrogens is 2. The van der Waals surface area contributed by atoms with Crippen LogP contribution in [0.2, 0.25) is 0 Å². The number of carbonyl (C=O) groups is 2. The molecule has 0 bridgehead atoms. The summed E-state index contributed by atoms with van der Waals surface area (Å²) in [6.45, 7) is 3.61. The third-order valence-corrected chi connectivity index (χ3v) is 5.67. The molecule has 0 aliphatic carbocycles. The Labute approximate surface area is 171 Å². The minimum atomic E-state index is -0.169. The normalized spacial score (nSPS) is 19.4. The van der Waals surface area contributed by atoms with Crippen LogP contribution in [0.25, 0.3) is 0 Å². The molecule has 4 rings (SSSR count). The van der Waals surface area contributed by atoms with Gasteiger partial charge in [0.1, 0.15) is 5.69 Å². The smallest absolute Gasteiger partial charge is 0.272 e. The first kappa shape index (κ1) is 19.6. The first-order chi connectivity index (χ1) is 14.2. The van der Waals surface area contributed by atoms with E-state index in [4.69, 9.17) is 0 Å². The van der Waals surface area contributed by atoms with E-state index in [0.29, 0.717) is 31.7 Å². The molecule has 2 aliphatic rings. The van der Waals surface area contributed by atoms with Gasteiger partial charge in [0.2, 0.25) is 5.91 Å². The van der Waals surface area contributed by atoms with Crippen molar-refractivity contribution in [1.29, 1.82) is 0 Å². The number of carbonyl (C=O) groups excluding carboxylic acids is 2. The quantitative estimate of drug-likeness (QED) is 0.781. The first-order valence-electron chi connectivity index (χ1n) is 10.6. The maximum absolute atomic E-state index is 12.4. The standard InChI is InChI=1S/C22H29N5O2/c28-21(16-26-10-6-1-2-7-11-26)24-18-12-19-13-20(25-27(19)15-18)22(29)23-14-17-8-4-3-5-9-17/h3-5,8-9,13,18H,1-2,6-7,10-12,14-16H2,(H,23,29)(H,24,28)/t18-/m0/s1. The molecule has 0 saturated carbocycles. The van der Waals surface area contributed by atoms with Crippen LogP contribution < -0.4 is 10.6 Å². The fourth-order valence-electron chi connectivity index (χ4n) is 4.15. The van der Waals surface area contributed by atoms with Crippen LogP contribution in [0.1, 0.15) is 47.4 Å². The highest BCUT2D eigenvalue weighted by atomic mass is 16.2. The van der Waals surface area contributed by atoms with Crippen molar-refractivity contribution in [2.45, 2.75) is 51.2 Å². The van der Waals surface area contributed by atoms with Crippen LogP contribution in [0, 0.1) is 0 Å². The van der Waals surface area contributed by atoms with Crippen LogP contribution in [0.4, 0.5) is 0 Å². The van der Waals surface area contributed by atoms with Crippen molar-refractivity contribution in [2.24, 2.45) is 0 Å². The summed E-state index contributed by atoms with van der Waals surface area (Å²) in [4.78, 5) is 27.0. The lowest BCUT2D eigenvalue weighted by molar-refractivity contribution is -0.122. The summed E-state index contributed by atoms with van der Waals surface area (Å²) < 4.78 is 1.84. The molecule has 2 aliphatic heterocycles. The molecular weight excluding hydrogens is 366 g/mol. The minimum Gasteiger partial charge on any atom is -0.350 e. The second-order valence-corrected chi connectivity index (χ2v) is 8.03. The third-order valence-electron chi connectivity index (χ3n) is 5.67. The Morgan fingerprint density at radius 3 is 2.55 bits per heavy atom. The van der Waals surface area contributed by atoms with Gasteiger partial charge in [0, 0.05) is 18.7 Å². The molecule has 7 nitrogen and oxygen atoms in total. The van der Waals surface area contributed by atoms with Crippen LogP contribution in [0.5, 0.6) is 0 Å².